The van der Waals surface area contributed by atoms with E-state index in [1.165, 1.54) is 0 Å². The van der Waals surface area contributed by atoms with Gasteiger partial charge in [0.15, 0.2) is 5.11 Å². The monoisotopic (exact) mass is 370 g/mol. The molecule has 0 aliphatic rings. The van der Waals surface area contributed by atoms with Gasteiger partial charge in [-0.3, -0.25) is 0 Å². The highest BCUT2D eigenvalue weighted by atomic mass is 32.1. The second-order valence-electron chi connectivity index (χ2n) is 7.09. The minimum absolute atomic E-state index is 0.416. The predicted octanol–water partition coefficient (Wildman–Crippen LogP) is 5.18. The van der Waals surface area contributed by atoms with Crippen molar-refractivity contribution in [2.45, 2.75) is 39.8 Å². The van der Waals surface area contributed by atoms with Gasteiger partial charge in [-0.25, -0.2) is 0 Å². The lowest BCUT2D eigenvalue weighted by molar-refractivity contribution is 0.899. The Labute approximate surface area is 163 Å². The van der Waals surface area contributed by atoms with Crippen LogP contribution in [0.2, 0.25) is 0 Å². The molecule has 0 fully saturated rings. The summed E-state index contributed by atoms with van der Waals surface area (Å²) in [6.45, 7) is 8.52. The molecule has 5 heteroatoms. The molecule has 26 heavy (non-hydrogen) atoms. The maximum Gasteiger partial charge on any atom is 0.180 e. The van der Waals surface area contributed by atoms with E-state index in [1.54, 1.807) is 0 Å². The first-order chi connectivity index (χ1) is 12.3. The lowest BCUT2D eigenvalue weighted by Gasteiger charge is -2.28. The number of nitrogens with one attached hydrogen (secondary N) is 2. The molecule has 140 valence electrons. The number of hydrogen-bond donors (Lipinski definition) is 2. The van der Waals surface area contributed by atoms with Crippen LogP contribution in [-0.2, 0) is 0 Å². The molecule has 4 nitrogen and oxygen atoms in total. The van der Waals surface area contributed by atoms with Gasteiger partial charge in [0.25, 0.3) is 0 Å². The zero-order chi connectivity index (χ0) is 19.3. The maximum atomic E-state index is 5.69. The average molecular weight is 371 g/mol. The smallest absolute Gasteiger partial charge is 0.180 e. The summed E-state index contributed by atoms with van der Waals surface area (Å²) in [4.78, 5) is 4.05. The Kier molecular flexibility index (Phi) is 6.86. The number of benzene rings is 2. The first kappa shape index (κ1) is 20.0. The van der Waals surface area contributed by atoms with E-state index in [2.05, 4.69) is 86.9 Å². The van der Waals surface area contributed by atoms with Gasteiger partial charge in [-0.05, 0) is 88.4 Å². The van der Waals surface area contributed by atoms with Gasteiger partial charge in [-0.15, -0.1) is 0 Å². The van der Waals surface area contributed by atoms with Crippen molar-refractivity contribution in [2.24, 2.45) is 0 Å². The third kappa shape index (κ3) is 5.36. The van der Waals surface area contributed by atoms with Crippen molar-refractivity contribution in [1.29, 1.82) is 0 Å². The highest BCUT2D eigenvalue weighted by Crippen LogP contribution is 2.22. The summed E-state index contributed by atoms with van der Waals surface area (Å²) in [7, 11) is 4.00. The maximum absolute atomic E-state index is 5.69. The standard InChI is InChI=1S/C21H30N4S/c1-15(2)22-17-7-11-19(12-8-17)24(5)21(26)25(6)20-13-9-18(10-14-20)23-16(3)4/h7-16,22-23H,1-6H3. The third-order valence-electron chi connectivity index (χ3n) is 3.99. The summed E-state index contributed by atoms with van der Waals surface area (Å²) in [6, 6.07) is 17.5. The Morgan fingerprint density at radius 2 is 1.00 bits per heavy atom. The Bertz CT molecular complexity index is 646. The van der Waals surface area contributed by atoms with Crippen molar-refractivity contribution in [3.05, 3.63) is 48.5 Å². The van der Waals surface area contributed by atoms with E-state index in [9.17, 15) is 0 Å². The fourth-order valence-electron chi connectivity index (χ4n) is 2.68. The summed E-state index contributed by atoms with van der Waals surface area (Å²) in [5, 5.41) is 7.55. The van der Waals surface area contributed by atoms with Crippen LogP contribution in [0.1, 0.15) is 27.7 Å². The Hall–Kier alpha value is -2.27. The fraction of sp³-hybridized carbons (Fsp3) is 0.381. The van der Waals surface area contributed by atoms with Gasteiger partial charge in [-0.1, -0.05) is 0 Å². The molecule has 0 unspecified atom stereocenters. The summed E-state index contributed by atoms with van der Waals surface area (Å²) >= 11 is 5.69. The van der Waals surface area contributed by atoms with E-state index < -0.39 is 0 Å². The predicted molar refractivity (Wildman–Crippen MR) is 120 cm³/mol. The Morgan fingerprint density at radius 1 is 0.692 bits per heavy atom. The van der Waals surface area contributed by atoms with Crippen LogP contribution in [0.15, 0.2) is 48.5 Å². The van der Waals surface area contributed by atoms with Gasteiger partial charge in [0, 0.05) is 48.9 Å². The van der Waals surface area contributed by atoms with Gasteiger partial charge in [0.1, 0.15) is 0 Å². The fourth-order valence-corrected chi connectivity index (χ4v) is 2.89. The van der Waals surface area contributed by atoms with E-state index in [-0.39, 0.29) is 0 Å². The van der Waals surface area contributed by atoms with Crippen LogP contribution in [0.4, 0.5) is 22.7 Å². The highest BCUT2D eigenvalue weighted by molar-refractivity contribution is 7.80. The molecule has 0 aromatic heterocycles. The number of anilines is 4. The van der Waals surface area contributed by atoms with E-state index in [1.807, 2.05) is 23.9 Å². The highest BCUT2D eigenvalue weighted by Gasteiger charge is 2.13. The van der Waals surface area contributed by atoms with Crippen LogP contribution < -0.4 is 20.4 Å². The number of hydrogen-bond acceptors (Lipinski definition) is 3. The molecule has 0 bridgehead atoms. The molecule has 2 aromatic rings. The summed E-state index contributed by atoms with van der Waals surface area (Å²) < 4.78 is 0. The molecule has 2 rings (SSSR count). The Morgan fingerprint density at radius 3 is 1.27 bits per heavy atom. The normalized spacial score (nSPS) is 10.8. The molecule has 0 aliphatic heterocycles. The summed E-state index contributed by atoms with van der Waals surface area (Å²) in [6.07, 6.45) is 0. The Balaban J connectivity index is 2.06. The minimum Gasteiger partial charge on any atom is -0.383 e. The molecular formula is C21H30N4S. The van der Waals surface area contributed by atoms with Crippen molar-refractivity contribution in [3.8, 4) is 0 Å². The molecule has 0 aliphatic carbocycles. The van der Waals surface area contributed by atoms with Crippen LogP contribution in [0.5, 0.6) is 0 Å². The van der Waals surface area contributed by atoms with E-state index in [0.717, 1.165) is 27.9 Å². The third-order valence-corrected chi connectivity index (χ3v) is 4.54. The molecule has 0 heterocycles. The SMILES string of the molecule is CC(C)Nc1ccc(N(C)C(=S)N(C)c2ccc(NC(C)C)cc2)cc1. The van der Waals surface area contributed by atoms with Gasteiger partial charge < -0.3 is 20.4 Å². The zero-order valence-electron chi connectivity index (χ0n) is 16.6. The zero-order valence-corrected chi connectivity index (χ0v) is 17.4. The van der Waals surface area contributed by atoms with Gasteiger partial charge in [0.2, 0.25) is 0 Å². The van der Waals surface area contributed by atoms with Crippen molar-refractivity contribution in [2.75, 3.05) is 34.5 Å². The van der Waals surface area contributed by atoms with Crippen LogP contribution in [-0.4, -0.2) is 31.3 Å². The van der Waals surface area contributed by atoms with Gasteiger partial charge in [0.05, 0.1) is 0 Å². The lowest BCUT2D eigenvalue weighted by atomic mass is 10.2. The second kappa shape index (κ2) is 8.90. The van der Waals surface area contributed by atoms with Crippen molar-refractivity contribution in [1.82, 2.24) is 0 Å². The van der Waals surface area contributed by atoms with Crippen LogP contribution in [0.3, 0.4) is 0 Å². The molecule has 0 saturated heterocycles. The lowest BCUT2D eigenvalue weighted by Crippen LogP contribution is -2.38. The molecular weight excluding hydrogens is 340 g/mol. The molecule has 0 atom stereocenters. The minimum atomic E-state index is 0.416. The topological polar surface area (TPSA) is 30.5 Å². The molecule has 0 amide bonds. The molecule has 0 spiro atoms. The first-order valence-electron chi connectivity index (χ1n) is 9.02. The van der Waals surface area contributed by atoms with Crippen molar-refractivity contribution >= 4 is 40.1 Å². The molecule has 0 saturated carbocycles. The van der Waals surface area contributed by atoms with Gasteiger partial charge >= 0.3 is 0 Å². The second-order valence-corrected chi connectivity index (χ2v) is 7.46. The molecule has 0 radical (unpaired) electrons. The first-order valence-corrected chi connectivity index (χ1v) is 9.43. The van der Waals surface area contributed by atoms with E-state index in [0.29, 0.717) is 12.1 Å². The quantitative estimate of drug-likeness (QED) is 0.684. The van der Waals surface area contributed by atoms with E-state index >= 15 is 0 Å². The largest absolute Gasteiger partial charge is 0.383 e. The van der Waals surface area contributed by atoms with Crippen LogP contribution in [0, 0.1) is 0 Å². The van der Waals surface area contributed by atoms with E-state index in [4.69, 9.17) is 12.2 Å². The number of rotatable bonds is 6. The van der Waals surface area contributed by atoms with Crippen LogP contribution >= 0.6 is 12.2 Å². The molecule has 2 N–H and O–H groups in total. The number of nitrogens with zero attached hydrogens (tertiary/aromatic N) is 2. The van der Waals surface area contributed by atoms with Crippen LogP contribution in [0.25, 0.3) is 0 Å². The molecule has 2 aromatic carbocycles. The summed E-state index contributed by atoms with van der Waals surface area (Å²) in [5.74, 6) is 0. The average Bonchev–Trinajstić information content (AvgIpc) is 2.60. The summed E-state index contributed by atoms with van der Waals surface area (Å²) in [5.41, 5.74) is 4.36. The van der Waals surface area contributed by atoms with Crippen molar-refractivity contribution < 1.29 is 0 Å². The number of thiocarbonyl (C=S) groups is 1. The van der Waals surface area contributed by atoms with Crippen molar-refractivity contribution in [3.63, 3.8) is 0 Å². The van der Waals surface area contributed by atoms with Gasteiger partial charge in [-0.2, -0.15) is 0 Å².